The highest BCUT2D eigenvalue weighted by atomic mass is 16.5. The average Bonchev–Trinajstić information content (AvgIpc) is 3.43. The van der Waals surface area contributed by atoms with Crippen LogP contribution >= 0.6 is 0 Å². The third-order valence-electron chi connectivity index (χ3n) is 6.14. The van der Waals surface area contributed by atoms with E-state index in [1.54, 1.807) is 16.8 Å². The highest BCUT2D eigenvalue weighted by Gasteiger charge is 2.21. The van der Waals surface area contributed by atoms with E-state index in [0.29, 0.717) is 23.7 Å². The Bertz CT molecular complexity index is 1570. The lowest BCUT2D eigenvalue weighted by molar-refractivity contribution is 0.0462. The van der Waals surface area contributed by atoms with Gasteiger partial charge in [-0.25, -0.2) is 14.5 Å². The molecule has 0 fully saturated rings. The van der Waals surface area contributed by atoms with Crippen LogP contribution in [0.2, 0.25) is 0 Å². The first-order chi connectivity index (χ1) is 19.0. The van der Waals surface area contributed by atoms with Crippen molar-refractivity contribution in [3.63, 3.8) is 0 Å². The molecule has 1 aromatic heterocycles. The summed E-state index contributed by atoms with van der Waals surface area (Å²) in [6, 6.07) is 32.2. The smallest absolute Gasteiger partial charge is 0.378 e. The van der Waals surface area contributed by atoms with Crippen molar-refractivity contribution < 1.29 is 19.1 Å². The predicted molar refractivity (Wildman–Crippen MR) is 149 cm³/mol. The Morgan fingerprint density at radius 1 is 0.769 bits per heavy atom. The monoisotopic (exact) mass is 517 g/mol. The first-order valence-corrected chi connectivity index (χ1v) is 12.6. The molecule has 0 amide bonds. The van der Waals surface area contributed by atoms with Crippen LogP contribution < -0.4 is 4.74 Å². The van der Waals surface area contributed by atoms with Crippen molar-refractivity contribution in [3.05, 3.63) is 120 Å². The molecule has 0 saturated heterocycles. The molecule has 0 unspecified atom stereocenters. The third-order valence-corrected chi connectivity index (χ3v) is 6.14. The van der Waals surface area contributed by atoms with E-state index in [2.05, 4.69) is 10.1 Å². The maximum atomic E-state index is 12.9. The Morgan fingerprint density at radius 2 is 1.41 bits per heavy atom. The number of aromatic nitrogens is 3. The van der Waals surface area contributed by atoms with Gasteiger partial charge in [-0.1, -0.05) is 84.4 Å². The number of nitrogens with zero attached hydrogens (tertiary/aromatic N) is 3. The summed E-state index contributed by atoms with van der Waals surface area (Å²) < 4.78 is 12.4. The Hall–Kier alpha value is -5.04. The molecule has 0 bridgehead atoms. The van der Waals surface area contributed by atoms with E-state index in [-0.39, 0.29) is 11.6 Å². The highest BCUT2D eigenvalue weighted by molar-refractivity contribution is 5.99. The van der Waals surface area contributed by atoms with Crippen molar-refractivity contribution in [2.75, 3.05) is 13.2 Å². The van der Waals surface area contributed by atoms with Crippen molar-refractivity contribution in [2.24, 2.45) is 0 Å². The summed E-state index contributed by atoms with van der Waals surface area (Å²) in [7, 11) is 0. The second kappa shape index (κ2) is 11.6. The highest BCUT2D eigenvalue weighted by Crippen LogP contribution is 2.24. The van der Waals surface area contributed by atoms with Gasteiger partial charge in [-0.3, -0.25) is 4.79 Å². The normalized spacial score (nSPS) is 10.7. The zero-order valence-corrected chi connectivity index (χ0v) is 21.7. The van der Waals surface area contributed by atoms with Crippen LogP contribution in [-0.4, -0.2) is 39.7 Å². The molecule has 0 N–H and O–H groups in total. The number of esters is 1. The fourth-order valence-electron chi connectivity index (χ4n) is 4.08. The van der Waals surface area contributed by atoms with Crippen molar-refractivity contribution in [3.8, 4) is 34.0 Å². The van der Waals surface area contributed by atoms with Gasteiger partial charge in [0, 0.05) is 11.1 Å². The molecule has 0 atom stereocenters. The Labute approximate surface area is 226 Å². The van der Waals surface area contributed by atoms with Crippen LogP contribution in [0.3, 0.4) is 0 Å². The van der Waals surface area contributed by atoms with E-state index in [1.165, 1.54) is 0 Å². The average molecular weight is 518 g/mol. The summed E-state index contributed by atoms with van der Waals surface area (Å²) in [5.74, 6) is -0.0104. The van der Waals surface area contributed by atoms with Gasteiger partial charge in [0.05, 0.1) is 12.3 Å². The largest absolute Gasteiger partial charge is 0.494 e. The molecule has 0 aliphatic carbocycles. The second-order valence-electron chi connectivity index (χ2n) is 8.91. The van der Waals surface area contributed by atoms with Gasteiger partial charge in [0.2, 0.25) is 0 Å². The van der Waals surface area contributed by atoms with E-state index in [4.69, 9.17) is 9.47 Å². The van der Waals surface area contributed by atoms with E-state index < -0.39 is 12.6 Å². The SMILES string of the molecule is CCOc1ccc(-n2nc(C(=O)OCC(=O)c3ccc(-c4ccccc4)cc3)nc2-c2ccc(C)cc2)cc1. The van der Waals surface area contributed by atoms with Gasteiger partial charge in [-0.05, 0) is 49.2 Å². The number of ketones is 1. The Kier molecular flexibility index (Phi) is 7.59. The maximum absolute atomic E-state index is 12.9. The zero-order chi connectivity index (χ0) is 27.2. The summed E-state index contributed by atoms with van der Waals surface area (Å²) >= 11 is 0. The number of ether oxygens (including phenoxy) is 2. The summed E-state index contributed by atoms with van der Waals surface area (Å²) in [6.07, 6.45) is 0. The van der Waals surface area contributed by atoms with Crippen LogP contribution in [0.5, 0.6) is 5.75 Å². The van der Waals surface area contributed by atoms with Crippen LogP contribution in [0.4, 0.5) is 0 Å². The van der Waals surface area contributed by atoms with Gasteiger partial charge in [0.15, 0.2) is 18.2 Å². The number of aryl methyl sites for hydroxylation is 1. The standard InChI is InChI=1S/C32H27N3O4/c1-3-38-28-19-17-27(18-20-28)35-31(26-11-9-22(2)10-12-26)33-30(34-35)32(37)39-21-29(36)25-15-13-24(14-16-25)23-7-5-4-6-8-23/h4-20H,3,21H2,1-2H3. The van der Waals surface area contributed by atoms with Gasteiger partial charge in [-0.15, -0.1) is 5.10 Å². The molecule has 0 spiro atoms. The lowest BCUT2D eigenvalue weighted by Gasteiger charge is -2.08. The Balaban J connectivity index is 1.34. The van der Waals surface area contributed by atoms with Crippen molar-refractivity contribution in [2.45, 2.75) is 13.8 Å². The summed E-state index contributed by atoms with van der Waals surface area (Å²) in [5, 5.41) is 4.43. The number of rotatable bonds is 9. The summed E-state index contributed by atoms with van der Waals surface area (Å²) in [5.41, 5.74) is 5.10. The van der Waals surface area contributed by atoms with Gasteiger partial charge in [-0.2, -0.15) is 0 Å². The molecular formula is C32H27N3O4. The molecule has 0 aliphatic heterocycles. The van der Waals surface area contributed by atoms with Crippen molar-refractivity contribution in [1.29, 1.82) is 0 Å². The number of Topliss-reactive ketones (excluding diaryl/α,β-unsaturated/α-hetero) is 1. The zero-order valence-electron chi connectivity index (χ0n) is 21.7. The molecule has 0 radical (unpaired) electrons. The minimum Gasteiger partial charge on any atom is -0.494 e. The molecule has 39 heavy (non-hydrogen) atoms. The van der Waals surface area contributed by atoms with Crippen molar-refractivity contribution >= 4 is 11.8 Å². The molecule has 4 aromatic carbocycles. The molecule has 7 heteroatoms. The molecular weight excluding hydrogens is 490 g/mol. The molecule has 0 saturated carbocycles. The van der Waals surface area contributed by atoms with Crippen LogP contribution in [-0.2, 0) is 4.74 Å². The number of hydrogen-bond acceptors (Lipinski definition) is 6. The quantitative estimate of drug-likeness (QED) is 0.167. The van der Waals surface area contributed by atoms with Crippen LogP contribution in [0.15, 0.2) is 103 Å². The molecule has 0 aliphatic rings. The van der Waals surface area contributed by atoms with E-state index in [1.807, 2.05) is 105 Å². The Morgan fingerprint density at radius 3 is 2.08 bits per heavy atom. The van der Waals surface area contributed by atoms with Crippen molar-refractivity contribution in [1.82, 2.24) is 14.8 Å². The van der Waals surface area contributed by atoms with Crippen LogP contribution in [0, 0.1) is 6.92 Å². The summed E-state index contributed by atoms with van der Waals surface area (Å²) in [4.78, 5) is 30.1. The predicted octanol–water partition coefficient (Wildman–Crippen LogP) is 6.35. The molecule has 7 nitrogen and oxygen atoms in total. The first kappa shape index (κ1) is 25.6. The molecule has 194 valence electrons. The topological polar surface area (TPSA) is 83.3 Å². The fraction of sp³-hybridized carbons (Fsp3) is 0.125. The van der Waals surface area contributed by atoms with Gasteiger partial charge in [0.1, 0.15) is 5.75 Å². The molecule has 1 heterocycles. The number of benzene rings is 4. The minimum absolute atomic E-state index is 0.133. The summed E-state index contributed by atoms with van der Waals surface area (Å²) in [6.45, 7) is 4.06. The number of carbonyl (C=O) groups is 2. The van der Waals surface area contributed by atoms with E-state index in [0.717, 1.165) is 28.0 Å². The maximum Gasteiger partial charge on any atom is 0.378 e. The van der Waals surface area contributed by atoms with E-state index in [9.17, 15) is 9.59 Å². The van der Waals surface area contributed by atoms with Gasteiger partial charge >= 0.3 is 5.97 Å². The van der Waals surface area contributed by atoms with Crippen LogP contribution in [0.25, 0.3) is 28.2 Å². The molecule has 5 rings (SSSR count). The lowest BCUT2D eigenvalue weighted by Crippen LogP contribution is -2.15. The third kappa shape index (κ3) is 5.93. The van der Waals surface area contributed by atoms with E-state index >= 15 is 0 Å². The van der Waals surface area contributed by atoms with Gasteiger partial charge in [0.25, 0.3) is 5.82 Å². The second-order valence-corrected chi connectivity index (χ2v) is 8.91. The molecule has 5 aromatic rings. The van der Waals surface area contributed by atoms with Gasteiger partial charge < -0.3 is 9.47 Å². The lowest BCUT2D eigenvalue weighted by atomic mass is 10.0. The first-order valence-electron chi connectivity index (χ1n) is 12.6. The fourth-order valence-corrected chi connectivity index (χ4v) is 4.08. The number of carbonyl (C=O) groups excluding carboxylic acids is 2. The number of hydrogen-bond donors (Lipinski definition) is 0. The van der Waals surface area contributed by atoms with Crippen LogP contribution in [0.1, 0.15) is 33.5 Å². The minimum atomic E-state index is -0.776.